The second-order valence-corrected chi connectivity index (χ2v) is 5.57. The minimum Gasteiger partial charge on any atom is -0.394 e. The van der Waals surface area contributed by atoms with Gasteiger partial charge in [0.15, 0.2) is 0 Å². The molecule has 120 valence electrons. The van der Waals surface area contributed by atoms with Crippen LogP contribution in [0, 0.1) is 0 Å². The predicted molar refractivity (Wildman–Crippen MR) is 85.7 cm³/mol. The van der Waals surface area contributed by atoms with Crippen LogP contribution in [0.3, 0.4) is 0 Å². The van der Waals surface area contributed by atoms with Crippen molar-refractivity contribution in [3.8, 4) is 0 Å². The first-order valence-corrected chi connectivity index (χ1v) is 7.75. The molecule has 1 aliphatic heterocycles. The van der Waals surface area contributed by atoms with Crippen LogP contribution in [0.2, 0.25) is 0 Å². The molecule has 0 radical (unpaired) electrons. The quantitative estimate of drug-likeness (QED) is 0.931. The number of aliphatic hydroxyl groups excluding tert-OH is 1. The highest BCUT2D eigenvalue weighted by molar-refractivity contribution is 5.79. The Morgan fingerprint density at radius 2 is 2.09 bits per heavy atom. The van der Waals surface area contributed by atoms with Crippen molar-refractivity contribution in [2.45, 2.75) is 18.6 Å². The van der Waals surface area contributed by atoms with E-state index in [0.29, 0.717) is 19.6 Å². The Morgan fingerprint density at radius 1 is 1.26 bits per heavy atom. The summed E-state index contributed by atoms with van der Waals surface area (Å²) in [6.45, 7) is 0.846. The van der Waals surface area contributed by atoms with Crippen LogP contribution in [-0.2, 0) is 16.0 Å². The molecule has 0 aliphatic carbocycles. The minimum absolute atomic E-state index is 0.0219. The zero-order chi connectivity index (χ0) is 16.1. The molecule has 2 atom stereocenters. The summed E-state index contributed by atoms with van der Waals surface area (Å²) in [6.07, 6.45) is 3.30. The maximum atomic E-state index is 12.8. The van der Waals surface area contributed by atoms with Crippen LogP contribution in [0.1, 0.15) is 17.2 Å². The van der Waals surface area contributed by atoms with Gasteiger partial charge in [-0.05, 0) is 17.2 Å². The molecule has 1 amide bonds. The molecule has 23 heavy (non-hydrogen) atoms. The smallest absolute Gasteiger partial charge is 0.227 e. The molecular formula is C18H20N2O3. The third kappa shape index (κ3) is 3.57. The number of amides is 1. The SMILES string of the molecule is O=C(Cc1cccnc1)N1CCO[C@H](CO)[C@H]1c1ccccc1. The highest BCUT2D eigenvalue weighted by Gasteiger charge is 2.35. The fraction of sp³-hybridized carbons (Fsp3) is 0.333. The van der Waals surface area contributed by atoms with E-state index in [4.69, 9.17) is 4.74 Å². The van der Waals surface area contributed by atoms with Gasteiger partial charge in [0.1, 0.15) is 6.10 Å². The molecule has 1 aromatic carbocycles. The van der Waals surface area contributed by atoms with E-state index in [0.717, 1.165) is 11.1 Å². The second kappa shape index (κ2) is 7.35. The van der Waals surface area contributed by atoms with Gasteiger partial charge in [0.25, 0.3) is 0 Å². The van der Waals surface area contributed by atoms with Gasteiger partial charge in [0.2, 0.25) is 5.91 Å². The highest BCUT2D eigenvalue weighted by atomic mass is 16.5. The number of ether oxygens (including phenoxy) is 1. The summed E-state index contributed by atoms with van der Waals surface area (Å²) in [5.74, 6) is 0.0219. The summed E-state index contributed by atoms with van der Waals surface area (Å²) in [4.78, 5) is 18.6. The molecule has 1 saturated heterocycles. The number of carbonyl (C=O) groups is 1. The van der Waals surface area contributed by atoms with Gasteiger partial charge in [-0.3, -0.25) is 9.78 Å². The Balaban J connectivity index is 1.84. The molecule has 0 bridgehead atoms. The summed E-state index contributed by atoms with van der Waals surface area (Å²) in [6, 6.07) is 13.2. The molecule has 5 heteroatoms. The molecule has 3 rings (SSSR count). The molecule has 1 aromatic heterocycles. The van der Waals surface area contributed by atoms with Crippen molar-refractivity contribution in [3.63, 3.8) is 0 Å². The number of benzene rings is 1. The molecule has 1 N–H and O–H groups in total. The van der Waals surface area contributed by atoms with Gasteiger partial charge < -0.3 is 14.7 Å². The Bertz CT molecular complexity index is 633. The van der Waals surface area contributed by atoms with Gasteiger partial charge in [-0.25, -0.2) is 0 Å². The van der Waals surface area contributed by atoms with Gasteiger partial charge in [0.05, 0.1) is 25.7 Å². The molecule has 2 aromatic rings. The van der Waals surface area contributed by atoms with Gasteiger partial charge in [0, 0.05) is 18.9 Å². The van der Waals surface area contributed by atoms with Crippen LogP contribution in [-0.4, -0.2) is 46.8 Å². The number of pyridine rings is 1. The number of hydrogen-bond donors (Lipinski definition) is 1. The van der Waals surface area contributed by atoms with Gasteiger partial charge in [-0.1, -0.05) is 36.4 Å². The Morgan fingerprint density at radius 3 is 2.78 bits per heavy atom. The van der Waals surface area contributed by atoms with E-state index >= 15 is 0 Å². The molecule has 0 unspecified atom stereocenters. The van der Waals surface area contributed by atoms with Gasteiger partial charge in [-0.2, -0.15) is 0 Å². The van der Waals surface area contributed by atoms with E-state index in [1.807, 2.05) is 47.4 Å². The number of aromatic nitrogens is 1. The van der Waals surface area contributed by atoms with Crippen molar-refractivity contribution in [1.82, 2.24) is 9.88 Å². The van der Waals surface area contributed by atoms with Crippen LogP contribution in [0.4, 0.5) is 0 Å². The molecule has 0 spiro atoms. The maximum Gasteiger partial charge on any atom is 0.227 e. The Kier molecular flexibility index (Phi) is 5.00. The van der Waals surface area contributed by atoms with E-state index in [1.54, 1.807) is 12.4 Å². The number of morpholine rings is 1. The topological polar surface area (TPSA) is 62.7 Å². The average molecular weight is 312 g/mol. The molecule has 2 heterocycles. The van der Waals surface area contributed by atoms with E-state index < -0.39 is 6.10 Å². The summed E-state index contributed by atoms with van der Waals surface area (Å²) in [5.41, 5.74) is 1.86. The normalized spacial score (nSPS) is 21.2. The molecular weight excluding hydrogens is 292 g/mol. The number of hydrogen-bond acceptors (Lipinski definition) is 4. The first-order valence-electron chi connectivity index (χ1n) is 7.75. The zero-order valence-electron chi connectivity index (χ0n) is 12.8. The van der Waals surface area contributed by atoms with Crippen LogP contribution in [0.15, 0.2) is 54.9 Å². The summed E-state index contributed by atoms with van der Waals surface area (Å²) in [7, 11) is 0. The van der Waals surface area contributed by atoms with E-state index in [2.05, 4.69) is 4.98 Å². The summed E-state index contributed by atoms with van der Waals surface area (Å²) < 4.78 is 5.67. The Labute approximate surface area is 135 Å². The first kappa shape index (κ1) is 15.6. The predicted octanol–water partition coefficient (Wildman–Crippen LogP) is 1.59. The Hall–Kier alpha value is -2.24. The zero-order valence-corrected chi connectivity index (χ0v) is 12.8. The molecule has 0 saturated carbocycles. The fourth-order valence-corrected chi connectivity index (χ4v) is 2.99. The van der Waals surface area contributed by atoms with Crippen LogP contribution >= 0.6 is 0 Å². The van der Waals surface area contributed by atoms with E-state index in [9.17, 15) is 9.90 Å². The van der Waals surface area contributed by atoms with Crippen molar-refractivity contribution in [3.05, 3.63) is 66.0 Å². The van der Waals surface area contributed by atoms with Gasteiger partial charge in [-0.15, -0.1) is 0 Å². The highest BCUT2D eigenvalue weighted by Crippen LogP contribution is 2.30. The van der Waals surface area contributed by atoms with Crippen molar-refractivity contribution >= 4 is 5.91 Å². The lowest BCUT2D eigenvalue weighted by molar-refractivity contribution is -0.149. The molecule has 5 nitrogen and oxygen atoms in total. The van der Waals surface area contributed by atoms with Gasteiger partial charge >= 0.3 is 0 Å². The second-order valence-electron chi connectivity index (χ2n) is 5.57. The summed E-state index contributed by atoms with van der Waals surface area (Å²) in [5, 5.41) is 9.64. The monoisotopic (exact) mass is 312 g/mol. The number of rotatable bonds is 4. The lowest BCUT2D eigenvalue weighted by Crippen LogP contribution is -2.49. The van der Waals surface area contributed by atoms with Crippen LogP contribution < -0.4 is 0 Å². The lowest BCUT2D eigenvalue weighted by Gasteiger charge is -2.41. The third-order valence-corrected chi connectivity index (χ3v) is 4.07. The van der Waals surface area contributed by atoms with Crippen molar-refractivity contribution in [2.75, 3.05) is 19.8 Å². The van der Waals surface area contributed by atoms with Crippen molar-refractivity contribution in [1.29, 1.82) is 0 Å². The van der Waals surface area contributed by atoms with Crippen molar-refractivity contribution < 1.29 is 14.6 Å². The van der Waals surface area contributed by atoms with Crippen LogP contribution in [0.5, 0.6) is 0 Å². The minimum atomic E-state index is -0.399. The molecule has 1 fully saturated rings. The number of carbonyl (C=O) groups excluding carboxylic acids is 1. The number of aliphatic hydroxyl groups is 1. The summed E-state index contributed by atoms with van der Waals surface area (Å²) >= 11 is 0. The third-order valence-electron chi connectivity index (χ3n) is 4.07. The largest absolute Gasteiger partial charge is 0.394 e. The van der Waals surface area contributed by atoms with Crippen molar-refractivity contribution in [2.24, 2.45) is 0 Å². The average Bonchev–Trinajstić information content (AvgIpc) is 2.62. The fourth-order valence-electron chi connectivity index (χ4n) is 2.99. The van der Waals surface area contributed by atoms with E-state index in [-0.39, 0.29) is 18.6 Å². The standard InChI is InChI=1S/C18H20N2O3/c21-13-16-18(15-6-2-1-3-7-15)20(9-10-23-16)17(22)11-14-5-4-8-19-12-14/h1-8,12,16,18,21H,9-11,13H2/t16-,18-/m1/s1. The number of nitrogens with zero attached hydrogens (tertiary/aromatic N) is 2. The maximum absolute atomic E-state index is 12.8. The van der Waals surface area contributed by atoms with Crippen LogP contribution in [0.25, 0.3) is 0 Å². The van der Waals surface area contributed by atoms with E-state index in [1.165, 1.54) is 0 Å². The lowest BCUT2D eigenvalue weighted by atomic mass is 9.97. The molecule has 1 aliphatic rings. The first-order chi connectivity index (χ1) is 11.3.